The van der Waals surface area contributed by atoms with E-state index >= 15 is 0 Å². The van der Waals surface area contributed by atoms with Gasteiger partial charge >= 0.3 is 6.18 Å². The third kappa shape index (κ3) is 3.07. The number of halogens is 3. The summed E-state index contributed by atoms with van der Waals surface area (Å²) >= 11 is 0. The molecule has 0 aliphatic carbocycles. The van der Waals surface area contributed by atoms with E-state index in [4.69, 9.17) is 5.11 Å². The molecule has 3 rings (SSSR count). The number of aliphatic hydroxyl groups is 1. The van der Waals surface area contributed by atoms with Gasteiger partial charge in [-0.25, -0.2) is 4.98 Å². The molecule has 1 atom stereocenters. The Morgan fingerprint density at radius 3 is 2.67 bits per heavy atom. The number of alkyl halides is 3. The molecule has 1 aromatic heterocycles. The topological polar surface area (TPSA) is 56.7 Å². The Hall–Kier alpha value is -1.83. The summed E-state index contributed by atoms with van der Waals surface area (Å²) in [7, 11) is 0. The number of pyridine rings is 1. The Labute approximate surface area is 138 Å². The largest absolute Gasteiger partial charge is 0.417 e. The fourth-order valence-corrected chi connectivity index (χ4v) is 3.67. The number of aromatic nitrogens is 1. The first-order chi connectivity index (χ1) is 11.4. The predicted molar refractivity (Wildman–Crippen MR) is 81.4 cm³/mol. The molecule has 2 fully saturated rings. The lowest BCUT2D eigenvalue weighted by atomic mass is 9.78. The number of rotatable bonds is 3. The van der Waals surface area contributed by atoms with Gasteiger partial charge in [0.2, 0.25) is 5.91 Å². The summed E-state index contributed by atoms with van der Waals surface area (Å²) in [5, 5.41) is 9.08. The third-order valence-electron chi connectivity index (χ3n) is 4.95. The molecule has 2 aliphatic heterocycles. The van der Waals surface area contributed by atoms with E-state index in [2.05, 4.69) is 4.98 Å². The standard InChI is InChI=1S/C16H20F3N3O2/c17-16(18,19)12-2-3-13(20-10-12)22-7-5-15(11-22)4-1-6-21(8-9-23)14(15)24/h2-3,10,23H,1,4-9,11H2. The Balaban J connectivity index is 1.74. The van der Waals surface area contributed by atoms with Gasteiger partial charge in [-0.1, -0.05) is 0 Å². The lowest BCUT2D eigenvalue weighted by Crippen LogP contribution is -2.50. The van der Waals surface area contributed by atoms with Crippen molar-refractivity contribution >= 4 is 11.7 Å². The van der Waals surface area contributed by atoms with Crippen molar-refractivity contribution < 1.29 is 23.1 Å². The van der Waals surface area contributed by atoms with Gasteiger partial charge in [0.25, 0.3) is 0 Å². The SMILES string of the molecule is O=C1N(CCO)CCCC12CCN(c1ccc(C(F)(F)F)cn1)C2. The highest BCUT2D eigenvalue weighted by molar-refractivity contribution is 5.85. The molecular weight excluding hydrogens is 323 g/mol. The van der Waals surface area contributed by atoms with E-state index in [0.29, 0.717) is 38.4 Å². The lowest BCUT2D eigenvalue weighted by molar-refractivity contribution is -0.145. The molecule has 8 heteroatoms. The normalized spacial score (nSPS) is 24.9. The quantitative estimate of drug-likeness (QED) is 0.911. The van der Waals surface area contributed by atoms with Crippen LogP contribution in [0.15, 0.2) is 18.3 Å². The van der Waals surface area contributed by atoms with Crippen molar-refractivity contribution in [3.63, 3.8) is 0 Å². The van der Waals surface area contributed by atoms with Gasteiger partial charge in [0.1, 0.15) is 5.82 Å². The molecule has 1 amide bonds. The van der Waals surface area contributed by atoms with Crippen LogP contribution in [0.5, 0.6) is 0 Å². The molecule has 3 heterocycles. The zero-order chi connectivity index (χ0) is 17.4. The number of anilines is 1. The van der Waals surface area contributed by atoms with Gasteiger partial charge in [0.15, 0.2) is 0 Å². The highest BCUT2D eigenvalue weighted by atomic mass is 19.4. The minimum absolute atomic E-state index is 0.0391. The van der Waals surface area contributed by atoms with Crippen molar-refractivity contribution in [1.29, 1.82) is 0 Å². The van der Waals surface area contributed by atoms with Crippen molar-refractivity contribution in [2.75, 3.05) is 37.7 Å². The Morgan fingerprint density at radius 1 is 1.25 bits per heavy atom. The van der Waals surface area contributed by atoms with E-state index < -0.39 is 17.2 Å². The van der Waals surface area contributed by atoms with Crippen LogP contribution in [0.1, 0.15) is 24.8 Å². The summed E-state index contributed by atoms with van der Waals surface area (Å²) in [6, 6.07) is 2.38. The van der Waals surface area contributed by atoms with Crippen LogP contribution in [-0.2, 0) is 11.0 Å². The Morgan fingerprint density at radius 2 is 2.04 bits per heavy atom. The van der Waals surface area contributed by atoms with E-state index in [1.807, 2.05) is 4.90 Å². The molecule has 0 saturated carbocycles. The van der Waals surface area contributed by atoms with Gasteiger partial charge in [-0.15, -0.1) is 0 Å². The van der Waals surface area contributed by atoms with Gasteiger partial charge in [-0.05, 0) is 31.4 Å². The number of hydrogen-bond acceptors (Lipinski definition) is 4. The van der Waals surface area contributed by atoms with E-state index in [0.717, 1.165) is 25.1 Å². The van der Waals surface area contributed by atoms with Crippen LogP contribution in [0.25, 0.3) is 0 Å². The Kier molecular flexibility index (Phi) is 4.42. The number of hydrogen-bond donors (Lipinski definition) is 1. The number of amides is 1. The smallest absolute Gasteiger partial charge is 0.395 e. The predicted octanol–water partition coefficient (Wildman–Crippen LogP) is 1.91. The zero-order valence-corrected chi connectivity index (χ0v) is 13.2. The highest BCUT2D eigenvalue weighted by Gasteiger charge is 2.48. The molecule has 1 N–H and O–H groups in total. The second-order valence-corrected chi connectivity index (χ2v) is 6.47. The van der Waals surface area contributed by atoms with E-state index in [1.54, 1.807) is 4.90 Å². The number of aliphatic hydroxyl groups excluding tert-OH is 1. The number of β-amino-alcohol motifs (C(OH)–C–C–N with tert-alkyl or cyclic N) is 1. The summed E-state index contributed by atoms with van der Waals surface area (Å²) in [4.78, 5) is 20.2. The summed E-state index contributed by atoms with van der Waals surface area (Å²) in [6.45, 7) is 1.98. The van der Waals surface area contributed by atoms with Gasteiger partial charge in [0.05, 0.1) is 17.6 Å². The molecule has 1 aromatic rings. The molecule has 5 nitrogen and oxygen atoms in total. The number of carbonyl (C=O) groups is 1. The van der Waals surface area contributed by atoms with Gasteiger partial charge in [0, 0.05) is 32.4 Å². The number of piperidine rings is 1. The number of likely N-dealkylation sites (tertiary alicyclic amines) is 1. The summed E-state index contributed by atoms with van der Waals surface area (Å²) in [6.07, 6.45) is -1.26. The molecule has 0 aromatic carbocycles. The summed E-state index contributed by atoms with van der Waals surface area (Å²) in [5.74, 6) is 0.504. The van der Waals surface area contributed by atoms with Crippen molar-refractivity contribution in [1.82, 2.24) is 9.88 Å². The van der Waals surface area contributed by atoms with Crippen LogP contribution in [0, 0.1) is 5.41 Å². The zero-order valence-electron chi connectivity index (χ0n) is 13.2. The first-order valence-electron chi connectivity index (χ1n) is 8.04. The van der Waals surface area contributed by atoms with Gasteiger partial charge in [-0.3, -0.25) is 4.79 Å². The molecular formula is C16H20F3N3O2. The highest BCUT2D eigenvalue weighted by Crippen LogP contribution is 2.41. The van der Waals surface area contributed by atoms with Crippen LogP contribution in [0.2, 0.25) is 0 Å². The molecule has 1 unspecified atom stereocenters. The molecule has 132 valence electrons. The molecule has 0 radical (unpaired) electrons. The number of nitrogens with zero attached hydrogens (tertiary/aromatic N) is 3. The van der Waals surface area contributed by atoms with Crippen LogP contribution in [0.3, 0.4) is 0 Å². The minimum Gasteiger partial charge on any atom is -0.395 e. The van der Waals surface area contributed by atoms with Gasteiger partial charge < -0.3 is 14.9 Å². The molecule has 2 aliphatic rings. The first kappa shape index (κ1) is 17.0. The van der Waals surface area contributed by atoms with Crippen molar-refractivity contribution in [2.24, 2.45) is 5.41 Å². The average molecular weight is 343 g/mol. The average Bonchev–Trinajstić information content (AvgIpc) is 2.97. The fourth-order valence-electron chi connectivity index (χ4n) is 3.67. The van der Waals surface area contributed by atoms with E-state index in [9.17, 15) is 18.0 Å². The first-order valence-corrected chi connectivity index (χ1v) is 8.04. The number of carbonyl (C=O) groups excluding carboxylic acids is 1. The van der Waals surface area contributed by atoms with E-state index in [1.165, 1.54) is 6.07 Å². The van der Waals surface area contributed by atoms with Crippen LogP contribution < -0.4 is 4.90 Å². The van der Waals surface area contributed by atoms with Crippen LogP contribution in [-0.4, -0.2) is 53.7 Å². The third-order valence-corrected chi connectivity index (χ3v) is 4.95. The summed E-state index contributed by atoms with van der Waals surface area (Å²) in [5.41, 5.74) is -1.28. The minimum atomic E-state index is -4.40. The maximum Gasteiger partial charge on any atom is 0.417 e. The molecule has 24 heavy (non-hydrogen) atoms. The van der Waals surface area contributed by atoms with Crippen molar-refractivity contribution in [2.45, 2.75) is 25.4 Å². The molecule has 1 spiro atoms. The fraction of sp³-hybridized carbons (Fsp3) is 0.625. The molecule has 0 bridgehead atoms. The second-order valence-electron chi connectivity index (χ2n) is 6.47. The van der Waals surface area contributed by atoms with Crippen molar-refractivity contribution in [3.8, 4) is 0 Å². The van der Waals surface area contributed by atoms with E-state index in [-0.39, 0.29) is 12.5 Å². The maximum absolute atomic E-state index is 12.7. The van der Waals surface area contributed by atoms with Gasteiger partial charge in [-0.2, -0.15) is 13.2 Å². The van der Waals surface area contributed by atoms with Crippen LogP contribution >= 0.6 is 0 Å². The second kappa shape index (κ2) is 6.23. The van der Waals surface area contributed by atoms with Crippen LogP contribution in [0.4, 0.5) is 19.0 Å². The van der Waals surface area contributed by atoms with Crippen molar-refractivity contribution in [3.05, 3.63) is 23.9 Å². The lowest BCUT2D eigenvalue weighted by Gasteiger charge is -2.39. The Bertz CT molecular complexity index is 604. The summed E-state index contributed by atoms with van der Waals surface area (Å²) < 4.78 is 37.9. The maximum atomic E-state index is 12.7. The monoisotopic (exact) mass is 343 g/mol. The molecule has 2 saturated heterocycles.